The molecule has 0 heterocycles. The predicted octanol–water partition coefficient (Wildman–Crippen LogP) is 2.84. The number of aryl methyl sites for hydroxylation is 2. The zero-order valence-corrected chi connectivity index (χ0v) is 14.5. The fourth-order valence-corrected chi connectivity index (χ4v) is 2.42. The zero-order chi connectivity index (χ0) is 16.7. The van der Waals surface area contributed by atoms with Crippen molar-refractivity contribution < 1.29 is 9.90 Å². The zero-order valence-electron chi connectivity index (χ0n) is 14.5. The van der Waals surface area contributed by atoms with E-state index in [1.165, 1.54) is 11.1 Å². The van der Waals surface area contributed by atoms with Gasteiger partial charge in [-0.1, -0.05) is 32.0 Å². The van der Waals surface area contributed by atoms with Crippen LogP contribution < -0.4 is 5.32 Å². The summed E-state index contributed by atoms with van der Waals surface area (Å²) in [6.07, 6.45) is 2.12. The number of para-hydroxylation sites is 1. The third kappa shape index (κ3) is 5.11. The van der Waals surface area contributed by atoms with Gasteiger partial charge in [0.2, 0.25) is 5.91 Å². The number of benzene rings is 1. The lowest BCUT2D eigenvalue weighted by Crippen LogP contribution is -2.41. The minimum Gasteiger partial charge on any atom is -0.393 e. The smallest absolute Gasteiger partial charge is 0.241 e. The molecule has 0 saturated carbocycles. The summed E-state index contributed by atoms with van der Waals surface area (Å²) in [5.74, 6) is 0.00342. The first-order valence-electron chi connectivity index (χ1n) is 8.20. The number of carbonyl (C=O) groups is 1. The summed E-state index contributed by atoms with van der Waals surface area (Å²) in [4.78, 5) is 14.5. The third-order valence-corrected chi connectivity index (χ3v) is 4.19. The van der Waals surface area contributed by atoms with Crippen molar-refractivity contribution in [1.29, 1.82) is 0 Å². The molecule has 1 amide bonds. The number of rotatable bonds is 8. The second kappa shape index (κ2) is 8.91. The van der Waals surface area contributed by atoms with Gasteiger partial charge in [0.15, 0.2) is 0 Å². The molecule has 1 aromatic carbocycles. The van der Waals surface area contributed by atoms with Crippen molar-refractivity contribution in [3.05, 3.63) is 29.3 Å². The highest BCUT2D eigenvalue weighted by atomic mass is 16.3. The molecule has 1 rings (SSSR count). The number of hydrogen-bond acceptors (Lipinski definition) is 3. The molecular weight excluding hydrogens is 276 g/mol. The van der Waals surface area contributed by atoms with Gasteiger partial charge in [0.25, 0.3) is 0 Å². The lowest BCUT2D eigenvalue weighted by Gasteiger charge is -2.25. The van der Waals surface area contributed by atoms with Crippen molar-refractivity contribution in [3.8, 4) is 0 Å². The lowest BCUT2D eigenvalue weighted by molar-refractivity contribution is -0.120. The molecule has 2 atom stereocenters. The van der Waals surface area contributed by atoms with E-state index in [0.717, 1.165) is 18.5 Å². The van der Waals surface area contributed by atoms with Crippen molar-refractivity contribution in [1.82, 2.24) is 4.90 Å². The Morgan fingerprint density at radius 2 is 1.77 bits per heavy atom. The number of amides is 1. The quantitative estimate of drug-likeness (QED) is 0.776. The average molecular weight is 306 g/mol. The van der Waals surface area contributed by atoms with Gasteiger partial charge in [0, 0.05) is 12.2 Å². The number of hydrogen-bond donors (Lipinski definition) is 2. The number of anilines is 1. The molecule has 0 radical (unpaired) electrons. The van der Waals surface area contributed by atoms with E-state index in [1.54, 1.807) is 6.92 Å². The van der Waals surface area contributed by atoms with E-state index in [4.69, 9.17) is 0 Å². The molecule has 0 aliphatic carbocycles. The van der Waals surface area contributed by atoms with E-state index in [2.05, 4.69) is 31.3 Å². The van der Waals surface area contributed by atoms with Crippen molar-refractivity contribution in [2.45, 2.75) is 59.1 Å². The molecule has 0 spiro atoms. The molecule has 124 valence electrons. The second-order valence-corrected chi connectivity index (χ2v) is 5.94. The summed E-state index contributed by atoms with van der Waals surface area (Å²) in [5.41, 5.74) is 3.31. The Hall–Kier alpha value is -1.39. The first-order valence-corrected chi connectivity index (χ1v) is 8.20. The van der Waals surface area contributed by atoms with Crippen LogP contribution in [-0.2, 0) is 17.6 Å². The van der Waals surface area contributed by atoms with Crippen LogP contribution in [0.1, 0.15) is 45.2 Å². The molecule has 4 heteroatoms. The van der Waals surface area contributed by atoms with Crippen LogP contribution in [0.15, 0.2) is 18.2 Å². The fourth-order valence-electron chi connectivity index (χ4n) is 2.42. The van der Waals surface area contributed by atoms with Crippen LogP contribution in [-0.4, -0.2) is 41.7 Å². The highest BCUT2D eigenvalue weighted by Crippen LogP contribution is 2.23. The molecule has 4 nitrogen and oxygen atoms in total. The molecular formula is C18H30N2O2. The number of nitrogens with zero attached hydrogens (tertiary/aromatic N) is 1. The first-order chi connectivity index (χ1) is 10.4. The van der Waals surface area contributed by atoms with Gasteiger partial charge >= 0.3 is 0 Å². The molecule has 0 fully saturated rings. The molecule has 1 aromatic rings. The maximum atomic E-state index is 12.5. The van der Waals surface area contributed by atoms with Gasteiger partial charge < -0.3 is 10.4 Å². The number of likely N-dealkylation sites (N-methyl/N-ethyl adjacent to an activating group) is 1. The van der Waals surface area contributed by atoms with Crippen LogP contribution in [0.2, 0.25) is 0 Å². The van der Waals surface area contributed by atoms with E-state index in [-0.39, 0.29) is 18.1 Å². The fraction of sp³-hybridized carbons (Fsp3) is 0.611. The molecule has 0 aliphatic heterocycles. The largest absolute Gasteiger partial charge is 0.393 e. The van der Waals surface area contributed by atoms with Gasteiger partial charge in [-0.25, -0.2) is 0 Å². The van der Waals surface area contributed by atoms with Gasteiger partial charge in [0.1, 0.15) is 0 Å². The van der Waals surface area contributed by atoms with Gasteiger partial charge in [-0.2, -0.15) is 0 Å². The van der Waals surface area contributed by atoms with Gasteiger partial charge in [0.05, 0.1) is 12.1 Å². The topological polar surface area (TPSA) is 52.6 Å². The van der Waals surface area contributed by atoms with Crippen molar-refractivity contribution >= 4 is 11.6 Å². The SMILES string of the molecule is CCc1cccc(CC)c1NC(=O)C(C)N(C)CCC(C)O. The summed E-state index contributed by atoms with van der Waals surface area (Å²) in [7, 11) is 1.92. The Kier molecular flexibility index (Phi) is 7.56. The third-order valence-electron chi connectivity index (χ3n) is 4.19. The lowest BCUT2D eigenvalue weighted by atomic mass is 10.0. The number of aliphatic hydroxyl groups is 1. The molecule has 0 aromatic heterocycles. The highest BCUT2D eigenvalue weighted by molar-refractivity contribution is 5.96. The summed E-state index contributed by atoms with van der Waals surface area (Å²) in [6.45, 7) is 8.56. The normalized spacial score (nSPS) is 14.0. The highest BCUT2D eigenvalue weighted by Gasteiger charge is 2.20. The minimum absolute atomic E-state index is 0.00342. The van der Waals surface area contributed by atoms with E-state index < -0.39 is 0 Å². The molecule has 2 N–H and O–H groups in total. The number of aliphatic hydroxyl groups excluding tert-OH is 1. The summed E-state index contributed by atoms with van der Waals surface area (Å²) < 4.78 is 0. The van der Waals surface area contributed by atoms with Crippen molar-refractivity contribution in [3.63, 3.8) is 0 Å². The van der Waals surface area contributed by atoms with Gasteiger partial charge in [-0.05, 0) is 51.3 Å². The Morgan fingerprint density at radius 1 is 1.23 bits per heavy atom. The monoisotopic (exact) mass is 306 g/mol. The Bertz CT molecular complexity index is 464. The maximum absolute atomic E-state index is 12.5. The van der Waals surface area contributed by atoms with Crippen molar-refractivity contribution in [2.75, 3.05) is 18.9 Å². The molecule has 0 aliphatic rings. The molecule has 0 bridgehead atoms. The Morgan fingerprint density at radius 3 is 2.23 bits per heavy atom. The molecule has 2 unspecified atom stereocenters. The molecule has 0 saturated heterocycles. The summed E-state index contributed by atoms with van der Waals surface area (Å²) in [6, 6.07) is 5.95. The minimum atomic E-state index is -0.342. The number of nitrogens with one attached hydrogen (secondary N) is 1. The first kappa shape index (κ1) is 18.7. The van der Waals surface area contributed by atoms with E-state index in [9.17, 15) is 9.90 Å². The maximum Gasteiger partial charge on any atom is 0.241 e. The van der Waals surface area contributed by atoms with Crippen LogP contribution in [0.3, 0.4) is 0 Å². The average Bonchev–Trinajstić information content (AvgIpc) is 2.51. The van der Waals surface area contributed by atoms with Crippen LogP contribution in [0.5, 0.6) is 0 Å². The van der Waals surface area contributed by atoms with Crippen LogP contribution in [0.25, 0.3) is 0 Å². The van der Waals surface area contributed by atoms with E-state index >= 15 is 0 Å². The predicted molar refractivity (Wildman–Crippen MR) is 92.2 cm³/mol. The Balaban J connectivity index is 2.79. The van der Waals surface area contributed by atoms with Gasteiger partial charge in [-0.15, -0.1) is 0 Å². The van der Waals surface area contributed by atoms with E-state index in [0.29, 0.717) is 13.0 Å². The number of carbonyl (C=O) groups excluding carboxylic acids is 1. The van der Waals surface area contributed by atoms with Crippen molar-refractivity contribution in [2.24, 2.45) is 0 Å². The van der Waals surface area contributed by atoms with Crippen LogP contribution in [0.4, 0.5) is 5.69 Å². The molecule has 22 heavy (non-hydrogen) atoms. The Labute approximate surface area is 134 Å². The van der Waals surface area contributed by atoms with Gasteiger partial charge in [-0.3, -0.25) is 9.69 Å². The standard InChI is InChI=1S/C18H30N2O2/c1-6-15-9-8-10-16(7-2)17(15)19-18(22)14(4)20(5)12-11-13(3)21/h8-10,13-14,21H,6-7,11-12H2,1-5H3,(H,19,22). The van der Waals surface area contributed by atoms with Crippen LogP contribution in [0, 0.1) is 0 Å². The summed E-state index contributed by atoms with van der Waals surface area (Å²) in [5, 5.41) is 12.5. The summed E-state index contributed by atoms with van der Waals surface area (Å²) >= 11 is 0. The van der Waals surface area contributed by atoms with E-state index in [1.807, 2.05) is 24.9 Å². The van der Waals surface area contributed by atoms with Crippen LogP contribution >= 0.6 is 0 Å². The second-order valence-electron chi connectivity index (χ2n) is 5.94.